The summed E-state index contributed by atoms with van der Waals surface area (Å²) in [5.41, 5.74) is 0. The minimum absolute atomic E-state index is 0.0921. The van der Waals surface area contributed by atoms with Gasteiger partial charge in [0.25, 0.3) is 5.91 Å². The lowest BCUT2D eigenvalue weighted by atomic mass is 9.99. The SMILES string of the molecule is CC[C@H](C)[C@H](NC(=O)CNC(=O)c1ccco1)C(=O)O. The Kier molecular flexibility index (Phi) is 5.76. The molecule has 0 fully saturated rings. The molecule has 0 bridgehead atoms. The molecule has 2 atom stereocenters. The Hall–Kier alpha value is -2.31. The monoisotopic (exact) mass is 282 g/mol. The van der Waals surface area contributed by atoms with Gasteiger partial charge in [0.15, 0.2) is 5.76 Å². The first-order valence-electron chi connectivity index (χ1n) is 6.29. The second-order valence-electron chi connectivity index (χ2n) is 4.43. The van der Waals surface area contributed by atoms with E-state index in [1.807, 2.05) is 6.92 Å². The van der Waals surface area contributed by atoms with Crippen molar-refractivity contribution < 1.29 is 23.9 Å². The van der Waals surface area contributed by atoms with Crippen molar-refractivity contribution in [3.05, 3.63) is 24.2 Å². The van der Waals surface area contributed by atoms with Gasteiger partial charge in [0.1, 0.15) is 6.04 Å². The number of carbonyl (C=O) groups excluding carboxylic acids is 2. The summed E-state index contributed by atoms with van der Waals surface area (Å²) < 4.78 is 4.86. The van der Waals surface area contributed by atoms with Gasteiger partial charge in [-0.1, -0.05) is 20.3 Å². The lowest BCUT2D eigenvalue weighted by molar-refractivity contribution is -0.143. The largest absolute Gasteiger partial charge is 0.480 e. The first-order chi connectivity index (χ1) is 9.45. The molecule has 1 aromatic heterocycles. The van der Waals surface area contributed by atoms with Gasteiger partial charge in [0.2, 0.25) is 5.91 Å². The molecule has 7 heteroatoms. The molecule has 7 nitrogen and oxygen atoms in total. The summed E-state index contributed by atoms with van der Waals surface area (Å²) in [5.74, 6) is -2.28. The Labute approximate surface area is 116 Å². The Morgan fingerprint density at radius 1 is 1.40 bits per heavy atom. The fourth-order valence-corrected chi connectivity index (χ4v) is 1.56. The zero-order valence-corrected chi connectivity index (χ0v) is 11.4. The smallest absolute Gasteiger partial charge is 0.326 e. The van der Waals surface area contributed by atoms with E-state index >= 15 is 0 Å². The molecule has 0 aliphatic heterocycles. The molecule has 0 aliphatic rings. The van der Waals surface area contributed by atoms with Crippen molar-refractivity contribution in [2.75, 3.05) is 6.54 Å². The van der Waals surface area contributed by atoms with Gasteiger partial charge in [-0.25, -0.2) is 4.79 Å². The Balaban J connectivity index is 2.46. The van der Waals surface area contributed by atoms with Gasteiger partial charge in [-0.3, -0.25) is 9.59 Å². The Morgan fingerprint density at radius 2 is 2.10 bits per heavy atom. The van der Waals surface area contributed by atoms with Gasteiger partial charge in [0.05, 0.1) is 12.8 Å². The van der Waals surface area contributed by atoms with Crippen LogP contribution in [0.15, 0.2) is 22.8 Å². The molecule has 0 aliphatic carbocycles. The molecule has 2 amide bonds. The number of hydrogen-bond acceptors (Lipinski definition) is 4. The number of nitrogens with one attached hydrogen (secondary N) is 2. The number of rotatable bonds is 7. The summed E-state index contributed by atoms with van der Waals surface area (Å²) in [5, 5.41) is 13.8. The lowest BCUT2D eigenvalue weighted by Gasteiger charge is -2.20. The molecule has 0 saturated carbocycles. The van der Waals surface area contributed by atoms with Crippen LogP contribution in [0.25, 0.3) is 0 Å². The van der Waals surface area contributed by atoms with E-state index in [0.717, 1.165) is 0 Å². The van der Waals surface area contributed by atoms with Crippen LogP contribution in [0.1, 0.15) is 30.8 Å². The van der Waals surface area contributed by atoms with Gasteiger partial charge >= 0.3 is 5.97 Å². The second kappa shape index (κ2) is 7.32. The third kappa shape index (κ3) is 4.42. The molecule has 1 heterocycles. The molecular formula is C13H18N2O5. The van der Waals surface area contributed by atoms with E-state index in [4.69, 9.17) is 9.52 Å². The quantitative estimate of drug-likeness (QED) is 0.679. The molecule has 110 valence electrons. The van der Waals surface area contributed by atoms with Crippen molar-refractivity contribution in [2.45, 2.75) is 26.3 Å². The molecule has 3 N–H and O–H groups in total. The van der Waals surface area contributed by atoms with Crippen LogP contribution < -0.4 is 10.6 Å². The summed E-state index contributed by atoms with van der Waals surface area (Å²) >= 11 is 0. The summed E-state index contributed by atoms with van der Waals surface area (Å²) in [6, 6.07) is 2.05. The highest BCUT2D eigenvalue weighted by atomic mass is 16.4. The Morgan fingerprint density at radius 3 is 2.60 bits per heavy atom. The van der Waals surface area contributed by atoms with E-state index in [9.17, 15) is 14.4 Å². The van der Waals surface area contributed by atoms with E-state index < -0.39 is 23.8 Å². The van der Waals surface area contributed by atoms with E-state index in [1.165, 1.54) is 12.3 Å². The summed E-state index contributed by atoms with van der Waals surface area (Å²) in [6.45, 7) is 3.27. The molecule has 0 unspecified atom stereocenters. The average Bonchev–Trinajstić information content (AvgIpc) is 2.95. The fraction of sp³-hybridized carbons (Fsp3) is 0.462. The van der Waals surface area contributed by atoms with Crippen molar-refractivity contribution in [1.82, 2.24) is 10.6 Å². The number of amides is 2. The highest BCUT2D eigenvalue weighted by Crippen LogP contribution is 2.07. The maximum Gasteiger partial charge on any atom is 0.326 e. The number of carboxylic acid groups (broad SMARTS) is 1. The molecule has 1 rings (SSSR count). The summed E-state index contributed by atoms with van der Waals surface area (Å²) in [4.78, 5) is 34.2. The number of hydrogen-bond donors (Lipinski definition) is 3. The third-order valence-corrected chi connectivity index (χ3v) is 2.95. The van der Waals surface area contributed by atoms with Crippen LogP contribution in [-0.2, 0) is 9.59 Å². The van der Waals surface area contributed by atoms with Crippen LogP contribution in [0.3, 0.4) is 0 Å². The van der Waals surface area contributed by atoms with Crippen molar-refractivity contribution >= 4 is 17.8 Å². The zero-order chi connectivity index (χ0) is 15.1. The normalized spacial score (nSPS) is 13.3. The van der Waals surface area contributed by atoms with Crippen LogP contribution in [-0.4, -0.2) is 35.5 Å². The van der Waals surface area contributed by atoms with Crippen LogP contribution >= 0.6 is 0 Å². The third-order valence-electron chi connectivity index (χ3n) is 2.95. The van der Waals surface area contributed by atoms with Gasteiger partial charge in [-0.05, 0) is 18.1 Å². The zero-order valence-electron chi connectivity index (χ0n) is 11.4. The van der Waals surface area contributed by atoms with E-state index in [0.29, 0.717) is 6.42 Å². The highest BCUT2D eigenvalue weighted by Gasteiger charge is 2.25. The molecule has 1 aromatic rings. The summed E-state index contributed by atoms with van der Waals surface area (Å²) in [7, 11) is 0. The maximum absolute atomic E-state index is 11.6. The van der Waals surface area contributed by atoms with Crippen molar-refractivity contribution in [1.29, 1.82) is 0 Å². The fourth-order valence-electron chi connectivity index (χ4n) is 1.56. The van der Waals surface area contributed by atoms with E-state index in [1.54, 1.807) is 13.0 Å². The van der Waals surface area contributed by atoms with Crippen molar-refractivity contribution in [3.63, 3.8) is 0 Å². The van der Waals surface area contributed by atoms with E-state index in [2.05, 4.69) is 10.6 Å². The summed E-state index contributed by atoms with van der Waals surface area (Å²) in [6.07, 6.45) is 1.97. The minimum atomic E-state index is -1.09. The topological polar surface area (TPSA) is 109 Å². The average molecular weight is 282 g/mol. The predicted octanol–water partition coefficient (Wildman–Crippen LogP) is 0.625. The number of aliphatic carboxylic acids is 1. The molecular weight excluding hydrogens is 264 g/mol. The van der Waals surface area contributed by atoms with Gasteiger partial charge in [-0.2, -0.15) is 0 Å². The number of carbonyl (C=O) groups is 3. The predicted molar refractivity (Wildman–Crippen MR) is 70.1 cm³/mol. The van der Waals surface area contributed by atoms with Gasteiger partial charge in [-0.15, -0.1) is 0 Å². The lowest BCUT2D eigenvalue weighted by Crippen LogP contribution is -2.48. The van der Waals surface area contributed by atoms with Crippen LogP contribution in [0, 0.1) is 5.92 Å². The molecule has 20 heavy (non-hydrogen) atoms. The number of furan rings is 1. The first kappa shape index (κ1) is 15.7. The standard InChI is InChI=1S/C13H18N2O5/c1-3-8(2)11(13(18)19)15-10(16)7-14-12(17)9-5-4-6-20-9/h4-6,8,11H,3,7H2,1-2H3,(H,14,17)(H,15,16)(H,18,19)/t8-,11-/m0/s1. The second-order valence-corrected chi connectivity index (χ2v) is 4.43. The highest BCUT2D eigenvalue weighted by molar-refractivity contribution is 5.94. The molecule has 0 aromatic carbocycles. The molecule has 0 radical (unpaired) electrons. The Bertz CT molecular complexity index is 469. The molecule has 0 spiro atoms. The van der Waals surface area contributed by atoms with E-state index in [-0.39, 0.29) is 18.2 Å². The molecule has 0 saturated heterocycles. The first-order valence-corrected chi connectivity index (χ1v) is 6.29. The minimum Gasteiger partial charge on any atom is -0.480 e. The van der Waals surface area contributed by atoms with Crippen LogP contribution in [0.5, 0.6) is 0 Å². The van der Waals surface area contributed by atoms with Crippen molar-refractivity contribution in [3.8, 4) is 0 Å². The number of carboxylic acids is 1. The van der Waals surface area contributed by atoms with Crippen LogP contribution in [0.4, 0.5) is 0 Å². The maximum atomic E-state index is 11.6. The van der Waals surface area contributed by atoms with Gasteiger partial charge < -0.3 is 20.2 Å². The van der Waals surface area contributed by atoms with Crippen molar-refractivity contribution in [2.24, 2.45) is 5.92 Å². The van der Waals surface area contributed by atoms with Crippen LogP contribution in [0.2, 0.25) is 0 Å². The van der Waals surface area contributed by atoms with Gasteiger partial charge in [0, 0.05) is 0 Å².